The van der Waals surface area contributed by atoms with Crippen molar-refractivity contribution in [1.29, 1.82) is 0 Å². The van der Waals surface area contributed by atoms with Gasteiger partial charge in [0.25, 0.3) is 0 Å². The van der Waals surface area contributed by atoms with Crippen LogP contribution >= 0.6 is 15.9 Å². The lowest BCUT2D eigenvalue weighted by Gasteiger charge is -2.19. The predicted octanol–water partition coefficient (Wildman–Crippen LogP) is 2.64. The Hall–Kier alpha value is -0.790. The zero-order chi connectivity index (χ0) is 13.8. The fraction of sp³-hybridized carbons (Fsp3) is 0.455. The van der Waals surface area contributed by atoms with Crippen LogP contribution in [0.3, 0.4) is 0 Å². The maximum atomic E-state index is 12.1. The molecule has 0 spiro atoms. The van der Waals surface area contributed by atoms with Gasteiger partial charge in [-0.1, -0.05) is 15.9 Å². The van der Waals surface area contributed by atoms with Gasteiger partial charge in [-0.25, -0.2) is 0 Å². The number of hydrogen-bond donors (Lipinski definition) is 2. The van der Waals surface area contributed by atoms with E-state index >= 15 is 0 Å². The maximum Gasteiger partial charge on any atom is 0.401 e. The Bertz CT molecular complexity index is 398. The maximum absolute atomic E-state index is 12.1. The van der Waals surface area contributed by atoms with E-state index in [2.05, 4.69) is 21.2 Å². The van der Waals surface area contributed by atoms with Crippen LogP contribution in [0.5, 0.6) is 5.75 Å². The molecule has 102 valence electrons. The molecule has 1 aromatic rings. The number of nitrogens with one attached hydrogen (secondary N) is 1. The number of benzene rings is 1. The Balaban J connectivity index is 2.87. The molecule has 0 aliphatic carbocycles. The van der Waals surface area contributed by atoms with Gasteiger partial charge in [-0.3, -0.25) is 5.32 Å². The van der Waals surface area contributed by atoms with E-state index in [-0.39, 0.29) is 0 Å². The summed E-state index contributed by atoms with van der Waals surface area (Å²) in [5.41, 5.74) is 0.515. The molecule has 3 nitrogen and oxygen atoms in total. The number of hydrogen-bond acceptors (Lipinski definition) is 3. The highest BCUT2D eigenvalue weighted by molar-refractivity contribution is 9.10. The molecule has 2 N–H and O–H groups in total. The number of ether oxygens (including phenoxy) is 1. The van der Waals surface area contributed by atoms with Crippen LogP contribution in [0.25, 0.3) is 0 Å². The monoisotopic (exact) mass is 327 g/mol. The first kappa shape index (κ1) is 15.3. The van der Waals surface area contributed by atoms with Crippen LogP contribution in [0.1, 0.15) is 11.6 Å². The van der Waals surface area contributed by atoms with E-state index in [1.54, 1.807) is 18.2 Å². The summed E-state index contributed by atoms with van der Waals surface area (Å²) < 4.78 is 42.0. The quantitative estimate of drug-likeness (QED) is 0.873. The van der Waals surface area contributed by atoms with Gasteiger partial charge in [0.15, 0.2) is 0 Å². The second-order valence-corrected chi connectivity index (χ2v) is 4.47. The topological polar surface area (TPSA) is 41.5 Å². The van der Waals surface area contributed by atoms with Crippen LogP contribution < -0.4 is 10.1 Å². The summed E-state index contributed by atoms with van der Waals surface area (Å²) in [7, 11) is 1.46. The fourth-order valence-corrected chi connectivity index (χ4v) is 1.95. The fourth-order valence-electron chi connectivity index (χ4n) is 1.43. The standard InChI is InChI=1S/C11H13BrF3NO2/c1-18-7-2-3-9(12)8(4-7)10(5-17)16-6-11(13,14)15/h2-4,10,16-17H,5-6H2,1H3. The minimum atomic E-state index is -4.32. The van der Waals surface area contributed by atoms with Gasteiger partial charge in [0.1, 0.15) is 5.75 Å². The van der Waals surface area contributed by atoms with E-state index in [1.165, 1.54) is 7.11 Å². The summed E-state index contributed by atoms with van der Waals surface area (Å²) in [6.45, 7) is -1.61. The summed E-state index contributed by atoms with van der Waals surface area (Å²) >= 11 is 3.23. The number of methoxy groups -OCH3 is 1. The minimum absolute atomic E-state index is 0.443. The third-order valence-corrected chi connectivity index (χ3v) is 3.03. The van der Waals surface area contributed by atoms with Gasteiger partial charge >= 0.3 is 6.18 Å². The third-order valence-electron chi connectivity index (χ3n) is 2.31. The second-order valence-electron chi connectivity index (χ2n) is 3.62. The molecule has 0 radical (unpaired) electrons. The molecule has 1 rings (SSSR count). The molecule has 7 heteroatoms. The van der Waals surface area contributed by atoms with Gasteiger partial charge in [-0.2, -0.15) is 13.2 Å². The van der Waals surface area contributed by atoms with Gasteiger partial charge < -0.3 is 9.84 Å². The van der Waals surface area contributed by atoms with E-state index in [1.807, 2.05) is 0 Å². The minimum Gasteiger partial charge on any atom is -0.497 e. The molecule has 0 saturated carbocycles. The van der Waals surface area contributed by atoms with Gasteiger partial charge in [0.2, 0.25) is 0 Å². The van der Waals surface area contributed by atoms with Crippen LogP contribution in [0.2, 0.25) is 0 Å². The average molecular weight is 328 g/mol. The van der Waals surface area contributed by atoms with Gasteiger partial charge in [0.05, 0.1) is 26.3 Å². The summed E-state index contributed by atoms with van der Waals surface area (Å²) in [5, 5.41) is 11.4. The van der Waals surface area contributed by atoms with Crippen LogP contribution in [0.15, 0.2) is 22.7 Å². The average Bonchev–Trinajstić information content (AvgIpc) is 2.30. The van der Waals surface area contributed by atoms with Crippen LogP contribution in [0, 0.1) is 0 Å². The first-order chi connectivity index (χ1) is 8.37. The molecule has 0 bridgehead atoms. The molecule has 0 amide bonds. The molecular formula is C11H13BrF3NO2. The SMILES string of the molecule is COc1ccc(Br)c(C(CO)NCC(F)(F)F)c1. The Labute approximate surface area is 111 Å². The molecule has 18 heavy (non-hydrogen) atoms. The van der Waals surface area contributed by atoms with E-state index in [0.717, 1.165) is 0 Å². The number of aliphatic hydroxyl groups is 1. The van der Waals surface area contributed by atoms with Gasteiger partial charge in [-0.15, -0.1) is 0 Å². The normalized spacial score (nSPS) is 13.4. The largest absolute Gasteiger partial charge is 0.497 e. The van der Waals surface area contributed by atoms with Crippen LogP contribution in [-0.2, 0) is 0 Å². The van der Waals surface area contributed by atoms with E-state index in [0.29, 0.717) is 15.8 Å². The highest BCUT2D eigenvalue weighted by atomic mass is 79.9. The molecule has 0 fully saturated rings. The lowest BCUT2D eigenvalue weighted by Crippen LogP contribution is -2.33. The highest BCUT2D eigenvalue weighted by Crippen LogP contribution is 2.28. The number of halogens is 4. The zero-order valence-electron chi connectivity index (χ0n) is 9.59. The number of rotatable bonds is 5. The molecule has 0 aromatic heterocycles. The van der Waals surface area contributed by atoms with E-state index in [4.69, 9.17) is 4.74 Å². The molecular weight excluding hydrogens is 315 g/mol. The molecule has 1 atom stereocenters. The van der Waals surface area contributed by atoms with Crippen molar-refractivity contribution in [2.24, 2.45) is 0 Å². The summed E-state index contributed by atoms with van der Waals surface area (Å²) in [4.78, 5) is 0. The van der Waals surface area contributed by atoms with Crippen molar-refractivity contribution in [2.75, 3.05) is 20.3 Å². The van der Waals surface area contributed by atoms with Gasteiger partial charge in [0, 0.05) is 4.47 Å². The van der Waals surface area contributed by atoms with Crippen molar-refractivity contribution in [3.05, 3.63) is 28.2 Å². The van der Waals surface area contributed by atoms with Crippen molar-refractivity contribution in [2.45, 2.75) is 12.2 Å². The van der Waals surface area contributed by atoms with E-state index in [9.17, 15) is 18.3 Å². The third kappa shape index (κ3) is 4.47. The number of alkyl halides is 3. The van der Waals surface area contributed by atoms with Crippen molar-refractivity contribution in [1.82, 2.24) is 5.32 Å². The Morgan fingerprint density at radius 2 is 2.11 bits per heavy atom. The van der Waals surface area contributed by atoms with Crippen molar-refractivity contribution in [3.63, 3.8) is 0 Å². The second kappa shape index (κ2) is 6.40. The Kier molecular flexibility index (Phi) is 5.43. The Morgan fingerprint density at radius 3 is 2.61 bits per heavy atom. The first-order valence-corrected chi connectivity index (χ1v) is 5.91. The van der Waals surface area contributed by atoms with Crippen LogP contribution in [0.4, 0.5) is 13.2 Å². The molecule has 0 aliphatic heterocycles. The molecule has 1 aromatic carbocycles. The first-order valence-electron chi connectivity index (χ1n) is 5.12. The highest BCUT2D eigenvalue weighted by Gasteiger charge is 2.28. The molecule has 0 aliphatic rings. The van der Waals surface area contributed by atoms with Crippen molar-refractivity contribution < 1.29 is 23.0 Å². The van der Waals surface area contributed by atoms with Crippen molar-refractivity contribution in [3.8, 4) is 5.75 Å². The van der Waals surface area contributed by atoms with E-state index < -0.39 is 25.4 Å². The Morgan fingerprint density at radius 1 is 1.44 bits per heavy atom. The lowest BCUT2D eigenvalue weighted by molar-refractivity contribution is -0.126. The van der Waals surface area contributed by atoms with Gasteiger partial charge in [-0.05, 0) is 23.8 Å². The molecule has 0 saturated heterocycles. The molecule has 1 unspecified atom stereocenters. The molecule has 0 heterocycles. The summed E-state index contributed by atoms with van der Waals surface area (Å²) in [6.07, 6.45) is -4.32. The summed E-state index contributed by atoms with van der Waals surface area (Å²) in [5.74, 6) is 0.514. The predicted molar refractivity (Wildman–Crippen MR) is 64.6 cm³/mol. The summed E-state index contributed by atoms with van der Waals surface area (Å²) in [6, 6.07) is 4.10. The number of aliphatic hydroxyl groups excluding tert-OH is 1. The van der Waals surface area contributed by atoms with Crippen molar-refractivity contribution >= 4 is 15.9 Å². The van der Waals surface area contributed by atoms with Crippen LogP contribution in [-0.4, -0.2) is 31.5 Å². The lowest BCUT2D eigenvalue weighted by atomic mass is 10.1. The zero-order valence-corrected chi connectivity index (χ0v) is 11.2. The smallest absolute Gasteiger partial charge is 0.401 e.